The van der Waals surface area contributed by atoms with Gasteiger partial charge in [0.15, 0.2) is 0 Å². The Balaban J connectivity index is 2.16. The highest BCUT2D eigenvalue weighted by molar-refractivity contribution is 4.84. The number of hydrogen-bond acceptors (Lipinski definition) is 0. The van der Waals surface area contributed by atoms with E-state index in [9.17, 15) is 0 Å². The van der Waals surface area contributed by atoms with Crippen molar-refractivity contribution < 1.29 is 4.57 Å². The third kappa shape index (κ3) is 11.9. The Morgan fingerprint density at radius 3 is 1.64 bits per heavy atom. The van der Waals surface area contributed by atoms with Crippen molar-refractivity contribution in [1.29, 1.82) is 0 Å². The van der Waals surface area contributed by atoms with Crippen molar-refractivity contribution >= 4 is 0 Å². The minimum absolute atomic E-state index is 1.21. The molecular formula is C26H51N2+. The van der Waals surface area contributed by atoms with Gasteiger partial charge in [0.1, 0.15) is 12.4 Å². The Morgan fingerprint density at radius 2 is 1.11 bits per heavy atom. The molecule has 1 aromatic heterocycles. The number of aryl methyl sites for hydroxylation is 2. The molecular weight excluding hydrogens is 340 g/mol. The van der Waals surface area contributed by atoms with Gasteiger partial charge in [-0.1, -0.05) is 97.8 Å². The first-order chi connectivity index (χ1) is 13.8. The molecule has 0 aromatic carbocycles. The average Bonchev–Trinajstić information content (AvgIpc) is 3.08. The van der Waals surface area contributed by atoms with E-state index in [1.54, 1.807) is 5.82 Å². The molecule has 28 heavy (non-hydrogen) atoms. The molecule has 164 valence electrons. The number of unbranched alkanes of at least 4 members (excludes halogenated alkanes) is 14. The molecule has 0 radical (unpaired) electrons. The van der Waals surface area contributed by atoms with Crippen molar-refractivity contribution in [2.45, 2.75) is 149 Å². The van der Waals surface area contributed by atoms with E-state index >= 15 is 0 Å². The van der Waals surface area contributed by atoms with Crippen molar-refractivity contribution in [3.63, 3.8) is 0 Å². The molecule has 0 N–H and O–H groups in total. The number of rotatable bonds is 20. The number of nitrogens with zero attached hydrogens (tertiary/aromatic N) is 2. The quantitative estimate of drug-likeness (QED) is 0.157. The van der Waals surface area contributed by atoms with Crippen molar-refractivity contribution in [1.82, 2.24) is 4.57 Å². The van der Waals surface area contributed by atoms with Gasteiger partial charge < -0.3 is 0 Å². The van der Waals surface area contributed by atoms with Gasteiger partial charge in [0.25, 0.3) is 5.82 Å². The highest BCUT2D eigenvalue weighted by Crippen LogP contribution is 2.12. The Morgan fingerprint density at radius 1 is 0.607 bits per heavy atom. The fraction of sp³-hybridized carbons (Fsp3) is 0.885. The van der Waals surface area contributed by atoms with E-state index < -0.39 is 0 Å². The fourth-order valence-electron chi connectivity index (χ4n) is 4.25. The molecule has 1 aromatic rings. The van der Waals surface area contributed by atoms with E-state index in [0.29, 0.717) is 0 Å². The maximum atomic E-state index is 2.54. The van der Waals surface area contributed by atoms with Gasteiger partial charge in [0, 0.05) is 6.42 Å². The maximum Gasteiger partial charge on any atom is 0.256 e. The SMILES string of the molecule is CCCCCCCCCCCCCn1cc[n+](CCCCCCC)c1CCC. The molecule has 1 heterocycles. The molecule has 0 saturated heterocycles. The largest absolute Gasteiger partial charge is 0.256 e. The third-order valence-electron chi connectivity index (χ3n) is 6.07. The molecule has 0 amide bonds. The van der Waals surface area contributed by atoms with Crippen LogP contribution in [0.4, 0.5) is 0 Å². The molecule has 2 heteroatoms. The van der Waals surface area contributed by atoms with Crippen LogP contribution < -0.4 is 4.57 Å². The van der Waals surface area contributed by atoms with Crippen LogP contribution in [0.15, 0.2) is 12.4 Å². The minimum Gasteiger partial charge on any atom is -0.234 e. The fourth-order valence-corrected chi connectivity index (χ4v) is 4.25. The normalized spacial score (nSPS) is 11.4. The lowest BCUT2D eigenvalue weighted by atomic mass is 10.1. The molecule has 0 spiro atoms. The summed E-state index contributed by atoms with van der Waals surface area (Å²) in [5, 5.41) is 0. The summed E-state index contributed by atoms with van der Waals surface area (Å²) in [6.07, 6.45) is 29.7. The predicted molar refractivity (Wildman–Crippen MR) is 124 cm³/mol. The van der Waals surface area contributed by atoms with Gasteiger partial charge in [-0.2, -0.15) is 0 Å². The number of hydrogen-bond donors (Lipinski definition) is 0. The summed E-state index contributed by atoms with van der Waals surface area (Å²) in [7, 11) is 0. The second-order valence-corrected chi connectivity index (χ2v) is 8.80. The van der Waals surface area contributed by atoms with E-state index in [2.05, 4.69) is 42.3 Å². The van der Waals surface area contributed by atoms with Crippen LogP contribution in [0.3, 0.4) is 0 Å². The van der Waals surface area contributed by atoms with E-state index in [1.807, 2.05) is 0 Å². The summed E-state index contributed by atoms with van der Waals surface area (Å²) < 4.78 is 5.08. The van der Waals surface area contributed by atoms with Crippen LogP contribution >= 0.6 is 0 Å². The topological polar surface area (TPSA) is 8.81 Å². The van der Waals surface area contributed by atoms with Crippen molar-refractivity contribution in [2.24, 2.45) is 0 Å². The lowest BCUT2D eigenvalue weighted by Gasteiger charge is -2.05. The molecule has 0 atom stereocenters. The van der Waals surface area contributed by atoms with Gasteiger partial charge >= 0.3 is 0 Å². The van der Waals surface area contributed by atoms with E-state index in [-0.39, 0.29) is 0 Å². The summed E-state index contributed by atoms with van der Waals surface area (Å²) >= 11 is 0. The first kappa shape index (κ1) is 25.2. The molecule has 0 aliphatic carbocycles. The van der Waals surface area contributed by atoms with Crippen LogP contribution in [0.2, 0.25) is 0 Å². The molecule has 0 fully saturated rings. The van der Waals surface area contributed by atoms with Crippen LogP contribution in [0.5, 0.6) is 0 Å². The Labute approximate surface area is 177 Å². The van der Waals surface area contributed by atoms with Gasteiger partial charge in [-0.15, -0.1) is 0 Å². The van der Waals surface area contributed by atoms with Crippen LogP contribution in [0, 0.1) is 0 Å². The van der Waals surface area contributed by atoms with Crippen molar-refractivity contribution in [3.05, 3.63) is 18.2 Å². The minimum atomic E-state index is 1.21. The van der Waals surface area contributed by atoms with Crippen molar-refractivity contribution in [2.75, 3.05) is 0 Å². The summed E-state index contributed by atoms with van der Waals surface area (Å²) in [5.41, 5.74) is 0. The zero-order valence-corrected chi connectivity index (χ0v) is 19.7. The Bertz CT molecular complexity index is 449. The van der Waals surface area contributed by atoms with E-state index in [4.69, 9.17) is 0 Å². The molecule has 1 rings (SSSR count). The average molecular weight is 392 g/mol. The monoisotopic (exact) mass is 391 g/mol. The highest BCUT2D eigenvalue weighted by atomic mass is 15.1. The smallest absolute Gasteiger partial charge is 0.234 e. The van der Waals surface area contributed by atoms with Gasteiger partial charge in [-0.3, -0.25) is 0 Å². The van der Waals surface area contributed by atoms with Crippen LogP contribution in [-0.4, -0.2) is 4.57 Å². The van der Waals surface area contributed by atoms with Gasteiger partial charge in [0.05, 0.1) is 13.1 Å². The van der Waals surface area contributed by atoms with Gasteiger partial charge in [-0.25, -0.2) is 9.13 Å². The summed E-state index contributed by atoms with van der Waals surface area (Å²) in [6, 6.07) is 0. The molecule has 0 aliphatic heterocycles. The Kier molecular flexibility index (Phi) is 16.5. The maximum absolute atomic E-state index is 2.54. The third-order valence-corrected chi connectivity index (χ3v) is 6.07. The lowest BCUT2D eigenvalue weighted by Crippen LogP contribution is -2.37. The van der Waals surface area contributed by atoms with Gasteiger partial charge in [-0.05, 0) is 32.1 Å². The molecule has 0 unspecified atom stereocenters. The summed E-state index contributed by atoms with van der Waals surface area (Å²) in [6.45, 7) is 9.33. The van der Waals surface area contributed by atoms with E-state index in [1.165, 1.54) is 129 Å². The Hall–Kier alpha value is -0.790. The first-order valence-corrected chi connectivity index (χ1v) is 12.9. The number of imidazole rings is 1. The summed E-state index contributed by atoms with van der Waals surface area (Å²) in [4.78, 5) is 0. The van der Waals surface area contributed by atoms with Crippen LogP contribution in [-0.2, 0) is 19.5 Å². The zero-order valence-electron chi connectivity index (χ0n) is 19.7. The first-order valence-electron chi connectivity index (χ1n) is 12.9. The van der Waals surface area contributed by atoms with Crippen molar-refractivity contribution in [3.8, 4) is 0 Å². The second-order valence-electron chi connectivity index (χ2n) is 8.80. The standard InChI is InChI=1S/C26H51N2/c1-4-7-9-11-12-13-14-15-16-18-20-23-28-25-24-27(26(28)21-6-3)22-19-17-10-8-5-2/h24-25H,4-23H2,1-3H3/q+1. The van der Waals surface area contributed by atoms with Crippen LogP contribution in [0.25, 0.3) is 0 Å². The van der Waals surface area contributed by atoms with Crippen LogP contribution in [0.1, 0.15) is 136 Å². The van der Waals surface area contributed by atoms with Gasteiger partial charge in [0.2, 0.25) is 0 Å². The second kappa shape index (κ2) is 18.3. The summed E-state index contributed by atoms with van der Waals surface area (Å²) in [5.74, 6) is 1.56. The van der Waals surface area contributed by atoms with E-state index in [0.717, 1.165) is 0 Å². The molecule has 0 bridgehead atoms. The number of aromatic nitrogens is 2. The highest BCUT2D eigenvalue weighted by Gasteiger charge is 2.15. The molecule has 2 nitrogen and oxygen atoms in total. The lowest BCUT2D eigenvalue weighted by molar-refractivity contribution is -0.704. The predicted octanol–water partition coefficient (Wildman–Crippen LogP) is 8.01. The zero-order chi connectivity index (χ0) is 20.3. The molecule has 0 saturated carbocycles. The molecule has 0 aliphatic rings.